The molecule has 0 bridgehead atoms. The summed E-state index contributed by atoms with van der Waals surface area (Å²) in [4.78, 5) is 20.6. The van der Waals surface area contributed by atoms with Crippen LogP contribution in [0, 0.1) is 0 Å². The Morgan fingerprint density at radius 3 is 2.24 bits per heavy atom. The molecule has 1 fully saturated rings. The predicted molar refractivity (Wildman–Crippen MR) is 173 cm³/mol. The van der Waals surface area contributed by atoms with Crippen LogP contribution in [-0.4, -0.2) is 72.9 Å². The van der Waals surface area contributed by atoms with Gasteiger partial charge in [0, 0.05) is 30.6 Å². The summed E-state index contributed by atoms with van der Waals surface area (Å²) in [5, 5.41) is 9.17. The maximum absolute atomic E-state index is 13.7. The third kappa shape index (κ3) is 10.5. The highest BCUT2D eigenvalue weighted by Gasteiger charge is 2.37. The van der Waals surface area contributed by atoms with Gasteiger partial charge in [-0.25, -0.2) is 4.98 Å². The third-order valence-corrected chi connectivity index (χ3v) is 7.83. The molecule has 0 radical (unpaired) electrons. The lowest BCUT2D eigenvalue weighted by atomic mass is 10.1. The van der Waals surface area contributed by atoms with Gasteiger partial charge in [-0.05, 0) is 75.6 Å². The van der Waals surface area contributed by atoms with E-state index in [9.17, 15) is 18.0 Å². The summed E-state index contributed by atoms with van der Waals surface area (Å²) in [7, 11) is 5.48. The van der Waals surface area contributed by atoms with Gasteiger partial charge in [0.05, 0.1) is 12.8 Å². The third-order valence-electron chi connectivity index (χ3n) is 7.10. The van der Waals surface area contributed by atoms with Gasteiger partial charge in [0.15, 0.2) is 0 Å². The fourth-order valence-electron chi connectivity index (χ4n) is 4.76. The number of fused-ring (bicyclic) bond motifs is 1. The minimum atomic E-state index is -4.68. The van der Waals surface area contributed by atoms with Crippen LogP contribution in [0.25, 0.3) is 0 Å². The van der Waals surface area contributed by atoms with Gasteiger partial charge in [-0.15, -0.1) is 0 Å². The van der Waals surface area contributed by atoms with Gasteiger partial charge in [-0.2, -0.15) is 18.2 Å². The molecule has 1 saturated heterocycles. The zero-order valence-corrected chi connectivity index (χ0v) is 27.4. The number of carbonyl (C=O) groups is 1. The van der Waals surface area contributed by atoms with Crippen LogP contribution in [0.1, 0.15) is 53.7 Å². The molecule has 0 saturated carbocycles. The van der Waals surface area contributed by atoms with Crippen LogP contribution in [0.5, 0.6) is 11.6 Å². The lowest BCUT2D eigenvalue weighted by molar-refractivity contribution is -0.139. The van der Waals surface area contributed by atoms with Gasteiger partial charge in [0.1, 0.15) is 17.4 Å². The normalized spacial score (nSPS) is 14.8. The molecular weight excluding hydrogens is 605 g/mol. The molecule has 1 aliphatic carbocycles. The molecule has 9 nitrogen and oxygen atoms in total. The number of halogens is 3. The van der Waals surface area contributed by atoms with Gasteiger partial charge in [-0.1, -0.05) is 50.1 Å². The summed E-state index contributed by atoms with van der Waals surface area (Å²) in [6.07, 6.45) is 0.296. The Labute approximate surface area is 267 Å². The fourth-order valence-corrected chi connectivity index (χ4v) is 4.76. The summed E-state index contributed by atoms with van der Waals surface area (Å²) >= 11 is 1.71. The first-order valence-electron chi connectivity index (χ1n) is 14.9. The van der Waals surface area contributed by atoms with Crippen molar-refractivity contribution in [1.29, 1.82) is 0 Å². The molecule has 0 spiro atoms. The van der Waals surface area contributed by atoms with Gasteiger partial charge >= 0.3 is 6.18 Å². The smallest absolute Gasteiger partial charge is 0.423 e. The number of amides is 1. The summed E-state index contributed by atoms with van der Waals surface area (Å²) < 4.78 is 54.4. The van der Waals surface area contributed by atoms with Crippen LogP contribution in [0.3, 0.4) is 0 Å². The van der Waals surface area contributed by atoms with Crippen molar-refractivity contribution in [2.45, 2.75) is 57.9 Å². The zero-order valence-electron chi connectivity index (χ0n) is 26.6. The molecule has 45 heavy (non-hydrogen) atoms. The lowest BCUT2D eigenvalue weighted by Crippen LogP contribution is -2.42. The van der Waals surface area contributed by atoms with E-state index in [-0.39, 0.29) is 17.9 Å². The number of nitrogens with one attached hydrogen (secondary N) is 3. The first kappa shape index (κ1) is 35.9. The molecule has 0 atom stereocenters. The second-order valence-electron chi connectivity index (χ2n) is 10.4. The minimum Gasteiger partial charge on any atom is -0.495 e. The second-order valence-corrected chi connectivity index (χ2v) is 11.5. The monoisotopic (exact) mass is 648 g/mol. The number of benzene rings is 2. The number of rotatable bonds is 8. The van der Waals surface area contributed by atoms with E-state index in [0.29, 0.717) is 36.0 Å². The van der Waals surface area contributed by atoms with E-state index in [2.05, 4.69) is 25.9 Å². The molecule has 13 heteroatoms. The van der Waals surface area contributed by atoms with Crippen molar-refractivity contribution < 1.29 is 27.4 Å². The SMILES string of the molecule is CC.COc1cc(C(=O)NC2CCNCC2)ccc1Nc1ncc(C(F)(F)F)c(OC2Cc3ccccc3C2)n1.CSN(C)C. The molecule has 246 valence electrons. The van der Waals surface area contributed by atoms with E-state index in [4.69, 9.17) is 9.47 Å². The number of anilines is 2. The number of methoxy groups -OCH3 is 1. The Kier molecular flexibility index (Phi) is 13.8. The summed E-state index contributed by atoms with van der Waals surface area (Å²) in [6, 6.07) is 12.5. The van der Waals surface area contributed by atoms with E-state index in [1.807, 2.05) is 62.8 Å². The molecule has 2 aliphatic rings. The van der Waals surface area contributed by atoms with Crippen molar-refractivity contribution >= 4 is 29.5 Å². The van der Waals surface area contributed by atoms with Gasteiger partial charge in [-0.3, -0.25) is 9.10 Å². The van der Waals surface area contributed by atoms with Crippen LogP contribution >= 0.6 is 11.9 Å². The number of piperidine rings is 1. The van der Waals surface area contributed by atoms with Crippen molar-refractivity contribution in [2.24, 2.45) is 0 Å². The number of ether oxygens (including phenoxy) is 2. The molecule has 3 N–H and O–H groups in total. The highest BCUT2D eigenvalue weighted by Crippen LogP contribution is 2.37. The number of nitrogens with zero attached hydrogens (tertiary/aromatic N) is 3. The molecule has 5 rings (SSSR count). The van der Waals surface area contributed by atoms with E-state index >= 15 is 0 Å². The number of carbonyl (C=O) groups excluding carboxylic acids is 1. The van der Waals surface area contributed by atoms with Crippen LogP contribution in [0.4, 0.5) is 24.8 Å². The van der Waals surface area contributed by atoms with Gasteiger partial charge < -0.3 is 25.4 Å². The number of alkyl halides is 3. The number of hydrogen-bond acceptors (Lipinski definition) is 9. The molecule has 1 amide bonds. The summed E-state index contributed by atoms with van der Waals surface area (Å²) in [5.41, 5.74) is 1.85. The van der Waals surface area contributed by atoms with Crippen molar-refractivity contribution in [1.82, 2.24) is 24.9 Å². The van der Waals surface area contributed by atoms with E-state index in [1.165, 1.54) is 7.11 Å². The standard InChI is InChI=1S/C27H28F3N5O3.C3H9NS.C2H6/c1-37-23-14-18(24(36)33-19-8-10-31-11-9-19)6-7-22(23)34-26-32-15-21(27(28,29)30)25(35-26)38-20-12-16-4-2-3-5-17(16)13-20;1-4(2)5-3;1-2/h2-7,14-15,19-20,31H,8-13H2,1H3,(H,33,36)(H,32,34,35);1-3H3;1-2H3. The van der Waals surface area contributed by atoms with Crippen molar-refractivity contribution in [3.05, 3.63) is 70.9 Å². The van der Waals surface area contributed by atoms with Crippen LogP contribution in [-0.2, 0) is 19.0 Å². The van der Waals surface area contributed by atoms with Crippen LogP contribution < -0.4 is 25.4 Å². The predicted octanol–water partition coefficient (Wildman–Crippen LogP) is 6.13. The maximum Gasteiger partial charge on any atom is 0.423 e. The first-order valence-corrected chi connectivity index (χ1v) is 16.1. The quantitative estimate of drug-likeness (QED) is 0.249. The Hall–Kier alpha value is -3.55. The van der Waals surface area contributed by atoms with Crippen molar-refractivity contribution in [3.8, 4) is 11.6 Å². The van der Waals surface area contributed by atoms with Crippen molar-refractivity contribution in [3.63, 3.8) is 0 Å². The summed E-state index contributed by atoms with van der Waals surface area (Å²) in [5.74, 6) is -0.528. The van der Waals surface area contributed by atoms with Crippen LogP contribution in [0.15, 0.2) is 48.7 Å². The Balaban J connectivity index is 0.000000719. The average molecular weight is 649 g/mol. The van der Waals surface area contributed by atoms with Crippen LogP contribution in [0.2, 0.25) is 0 Å². The molecule has 2 heterocycles. The molecule has 0 unspecified atom stereocenters. The number of hydrogen-bond donors (Lipinski definition) is 3. The molecule has 3 aromatic rings. The van der Waals surface area contributed by atoms with Gasteiger partial charge in [0.25, 0.3) is 5.91 Å². The molecule has 1 aromatic heterocycles. The van der Waals surface area contributed by atoms with E-state index < -0.39 is 23.7 Å². The average Bonchev–Trinajstić information content (AvgIpc) is 3.45. The van der Waals surface area contributed by atoms with E-state index in [0.717, 1.165) is 37.1 Å². The molecule has 2 aromatic carbocycles. The fraction of sp³-hybridized carbons (Fsp3) is 0.469. The summed E-state index contributed by atoms with van der Waals surface area (Å²) in [6.45, 7) is 5.70. The maximum atomic E-state index is 13.7. The Morgan fingerprint density at radius 1 is 1.07 bits per heavy atom. The van der Waals surface area contributed by atoms with Gasteiger partial charge in [0.2, 0.25) is 11.8 Å². The molecular formula is C32H43F3N6O3S. The highest BCUT2D eigenvalue weighted by atomic mass is 32.2. The first-order chi connectivity index (χ1) is 21.6. The highest BCUT2D eigenvalue weighted by molar-refractivity contribution is 7.96. The number of aromatic nitrogens is 2. The van der Waals surface area contributed by atoms with E-state index in [1.54, 1.807) is 30.1 Å². The lowest BCUT2D eigenvalue weighted by Gasteiger charge is -2.23. The van der Waals surface area contributed by atoms with Crippen molar-refractivity contribution in [2.75, 3.05) is 45.9 Å². The minimum absolute atomic E-state index is 0.0891. The second kappa shape index (κ2) is 17.2. The Bertz CT molecular complexity index is 1360. The largest absolute Gasteiger partial charge is 0.495 e. The zero-order chi connectivity index (χ0) is 33.0. The topological polar surface area (TPSA) is 101 Å². The Morgan fingerprint density at radius 2 is 1.69 bits per heavy atom. The molecule has 1 aliphatic heterocycles.